The lowest BCUT2D eigenvalue weighted by Crippen LogP contribution is -2.51. The molecule has 0 aliphatic carbocycles. The first-order valence-corrected chi connectivity index (χ1v) is 10.3. The highest BCUT2D eigenvalue weighted by molar-refractivity contribution is 7.98. The van der Waals surface area contributed by atoms with E-state index in [-0.39, 0.29) is 24.2 Å². The number of nitrogens with zero attached hydrogens (tertiary/aromatic N) is 1. The molecule has 3 N–H and O–H groups in total. The predicted octanol–water partition coefficient (Wildman–Crippen LogP) is 2.09. The Hall–Kier alpha value is -1.24. The van der Waals surface area contributed by atoms with Crippen LogP contribution in [0.1, 0.15) is 24.8 Å². The number of likely N-dealkylation sites (tertiary alicyclic amines) is 1. The minimum absolute atomic E-state index is 0. The van der Waals surface area contributed by atoms with E-state index in [1.807, 2.05) is 41.5 Å². The van der Waals surface area contributed by atoms with Crippen LogP contribution in [-0.4, -0.2) is 54.4 Å². The fourth-order valence-corrected chi connectivity index (χ4v) is 3.60. The van der Waals surface area contributed by atoms with Gasteiger partial charge in [-0.05, 0) is 49.3 Å². The van der Waals surface area contributed by atoms with E-state index in [1.54, 1.807) is 11.8 Å². The molecule has 0 saturated carbocycles. The lowest BCUT2D eigenvalue weighted by Gasteiger charge is -2.34. The fourth-order valence-electron chi connectivity index (χ4n) is 3.13. The van der Waals surface area contributed by atoms with Crippen molar-refractivity contribution in [2.75, 3.05) is 31.6 Å². The highest BCUT2D eigenvalue weighted by atomic mass is 35.5. The molecule has 0 bridgehead atoms. The number of thioether (sulfide) groups is 1. The third-order valence-corrected chi connectivity index (χ3v) is 5.35. The number of benzene rings is 1. The summed E-state index contributed by atoms with van der Waals surface area (Å²) in [5.74, 6) is 1.32. The number of hydrogen-bond donors (Lipinski definition) is 2. The number of rotatable bonds is 8. The maximum absolute atomic E-state index is 12.9. The van der Waals surface area contributed by atoms with Crippen LogP contribution in [0, 0.1) is 5.92 Å². The summed E-state index contributed by atoms with van der Waals surface area (Å²) in [6, 6.07) is 9.18. The quantitative estimate of drug-likeness (QED) is 0.701. The van der Waals surface area contributed by atoms with Gasteiger partial charge in [-0.15, -0.1) is 12.4 Å². The van der Waals surface area contributed by atoms with Gasteiger partial charge in [-0.2, -0.15) is 11.8 Å². The molecule has 7 heteroatoms. The lowest BCUT2D eigenvalue weighted by atomic mass is 9.96. The molecular weight excluding hydrogens is 370 g/mol. The zero-order valence-electron chi connectivity index (χ0n) is 15.4. The first kappa shape index (κ1) is 22.8. The standard InChI is InChI=1S/C19H29N3O2S.ClH/c1-25-12-9-17(19(24)22-10-7-16(14-20)8-11-22)21-18(23)13-15-5-3-2-4-6-15;/h2-6,16-17H,7-14,20H2,1H3,(H,21,23);1H. The smallest absolute Gasteiger partial charge is 0.245 e. The van der Waals surface area contributed by atoms with Gasteiger partial charge in [-0.3, -0.25) is 9.59 Å². The van der Waals surface area contributed by atoms with Crippen molar-refractivity contribution >= 4 is 36.0 Å². The normalized spacial score (nSPS) is 15.8. The van der Waals surface area contributed by atoms with Crippen molar-refractivity contribution in [3.8, 4) is 0 Å². The number of nitrogens with two attached hydrogens (primary N) is 1. The minimum Gasteiger partial charge on any atom is -0.344 e. The van der Waals surface area contributed by atoms with Crippen LogP contribution < -0.4 is 11.1 Å². The summed E-state index contributed by atoms with van der Waals surface area (Å²) in [6.07, 6.45) is 4.89. The van der Waals surface area contributed by atoms with Crippen molar-refractivity contribution in [2.45, 2.75) is 31.7 Å². The molecule has 2 rings (SSSR count). The maximum atomic E-state index is 12.9. The van der Waals surface area contributed by atoms with Crippen LogP contribution in [0.2, 0.25) is 0 Å². The van der Waals surface area contributed by atoms with Gasteiger partial charge >= 0.3 is 0 Å². The molecule has 1 atom stereocenters. The molecule has 26 heavy (non-hydrogen) atoms. The molecule has 1 unspecified atom stereocenters. The Morgan fingerprint density at radius 3 is 2.50 bits per heavy atom. The van der Waals surface area contributed by atoms with Gasteiger partial charge in [0.25, 0.3) is 0 Å². The van der Waals surface area contributed by atoms with E-state index in [0.29, 0.717) is 25.3 Å². The van der Waals surface area contributed by atoms with E-state index in [0.717, 1.165) is 37.2 Å². The molecule has 1 aliphatic heterocycles. The van der Waals surface area contributed by atoms with E-state index < -0.39 is 6.04 Å². The second kappa shape index (κ2) is 12.2. The van der Waals surface area contributed by atoms with Crippen LogP contribution in [0.25, 0.3) is 0 Å². The Labute approximate surface area is 166 Å². The average molecular weight is 400 g/mol. The summed E-state index contributed by atoms with van der Waals surface area (Å²) in [7, 11) is 0. The van der Waals surface area contributed by atoms with Crippen molar-refractivity contribution < 1.29 is 9.59 Å². The van der Waals surface area contributed by atoms with E-state index in [2.05, 4.69) is 5.32 Å². The van der Waals surface area contributed by atoms with E-state index in [4.69, 9.17) is 5.73 Å². The van der Waals surface area contributed by atoms with Gasteiger partial charge in [0.05, 0.1) is 6.42 Å². The van der Waals surface area contributed by atoms with Crippen LogP contribution in [0.3, 0.4) is 0 Å². The molecule has 1 fully saturated rings. The minimum atomic E-state index is -0.432. The highest BCUT2D eigenvalue weighted by Crippen LogP contribution is 2.17. The van der Waals surface area contributed by atoms with Crippen molar-refractivity contribution in [2.24, 2.45) is 11.7 Å². The van der Waals surface area contributed by atoms with Gasteiger partial charge in [0.2, 0.25) is 11.8 Å². The SMILES string of the molecule is CSCCC(NC(=O)Cc1ccccc1)C(=O)N1CCC(CN)CC1.Cl. The first-order chi connectivity index (χ1) is 12.1. The van der Waals surface area contributed by atoms with E-state index >= 15 is 0 Å². The topological polar surface area (TPSA) is 75.4 Å². The molecule has 1 aromatic rings. The number of piperidine rings is 1. The Balaban J connectivity index is 0.00000338. The van der Waals surface area contributed by atoms with Gasteiger partial charge in [0, 0.05) is 13.1 Å². The number of hydrogen-bond acceptors (Lipinski definition) is 4. The fraction of sp³-hybridized carbons (Fsp3) is 0.579. The van der Waals surface area contributed by atoms with Gasteiger partial charge < -0.3 is 16.0 Å². The van der Waals surface area contributed by atoms with Crippen LogP contribution in [0.15, 0.2) is 30.3 Å². The van der Waals surface area contributed by atoms with Crippen LogP contribution in [0.5, 0.6) is 0 Å². The number of carbonyl (C=O) groups excluding carboxylic acids is 2. The highest BCUT2D eigenvalue weighted by Gasteiger charge is 2.28. The number of nitrogens with one attached hydrogen (secondary N) is 1. The molecular formula is C19H30ClN3O2S. The number of carbonyl (C=O) groups is 2. The first-order valence-electron chi connectivity index (χ1n) is 8.95. The Bertz CT molecular complexity index is 551. The average Bonchev–Trinajstić information content (AvgIpc) is 2.65. The third kappa shape index (κ3) is 7.17. The van der Waals surface area contributed by atoms with Crippen LogP contribution in [0.4, 0.5) is 0 Å². The molecule has 1 aromatic carbocycles. The summed E-state index contributed by atoms with van der Waals surface area (Å²) in [5.41, 5.74) is 6.68. The number of halogens is 1. The zero-order chi connectivity index (χ0) is 18.1. The third-order valence-electron chi connectivity index (χ3n) is 4.71. The van der Waals surface area contributed by atoms with E-state index in [1.165, 1.54) is 0 Å². The van der Waals surface area contributed by atoms with Gasteiger partial charge in [-0.1, -0.05) is 30.3 Å². The molecule has 0 radical (unpaired) electrons. The van der Waals surface area contributed by atoms with Crippen LogP contribution in [-0.2, 0) is 16.0 Å². The molecule has 146 valence electrons. The Kier molecular flexibility index (Phi) is 10.7. The molecule has 1 aliphatic rings. The van der Waals surface area contributed by atoms with Gasteiger partial charge in [0.15, 0.2) is 0 Å². The van der Waals surface area contributed by atoms with Crippen molar-refractivity contribution in [3.63, 3.8) is 0 Å². The van der Waals surface area contributed by atoms with Gasteiger partial charge in [-0.25, -0.2) is 0 Å². The molecule has 1 heterocycles. The summed E-state index contributed by atoms with van der Waals surface area (Å²) in [5, 5.41) is 2.95. The van der Waals surface area contributed by atoms with Crippen LogP contribution >= 0.6 is 24.2 Å². The summed E-state index contributed by atoms with van der Waals surface area (Å²) >= 11 is 1.69. The summed E-state index contributed by atoms with van der Waals surface area (Å²) in [4.78, 5) is 27.1. The molecule has 5 nitrogen and oxygen atoms in total. The van der Waals surface area contributed by atoms with Crippen molar-refractivity contribution in [1.29, 1.82) is 0 Å². The molecule has 0 aromatic heterocycles. The molecule has 1 saturated heterocycles. The predicted molar refractivity (Wildman–Crippen MR) is 111 cm³/mol. The monoisotopic (exact) mass is 399 g/mol. The second-order valence-electron chi connectivity index (χ2n) is 6.57. The van der Waals surface area contributed by atoms with E-state index in [9.17, 15) is 9.59 Å². The largest absolute Gasteiger partial charge is 0.344 e. The van der Waals surface area contributed by atoms with Crippen molar-refractivity contribution in [3.05, 3.63) is 35.9 Å². The summed E-state index contributed by atoms with van der Waals surface area (Å²) < 4.78 is 0. The number of amides is 2. The van der Waals surface area contributed by atoms with Crippen molar-refractivity contribution in [1.82, 2.24) is 10.2 Å². The Morgan fingerprint density at radius 2 is 1.92 bits per heavy atom. The lowest BCUT2D eigenvalue weighted by molar-refractivity contribution is -0.137. The van der Waals surface area contributed by atoms with Gasteiger partial charge in [0.1, 0.15) is 6.04 Å². The Morgan fingerprint density at radius 1 is 1.27 bits per heavy atom. The maximum Gasteiger partial charge on any atom is 0.245 e. The second-order valence-corrected chi connectivity index (χ2v) is 7.55. The molecule has 2 amide bonds. The molecule has 0 spiro atoms. The summed E-state index contributed by atoms with van der Waals surface area (Å²) in [6.45, 7) is 2.17. The zero-order valence-corrected chi connectivity index (χ0v) is 17.0.